The van der Waals surface area contributed by atoms with Crippen molar-refractivity contribution < 1.29 is 23.0 Å². The van der Waals surface area contributed by atoms with Crippen molar-refractivity contribution in [3.63, 3.8) is 0 Å². The summed E-state index contributed by atoms with van der Waals surface area (Å²) in [4.78, 5) is 29.2. The van der Waals surface area contributed by atoms with E-state index < -0.39 is 11.6 Å². The molecule has 3 aromatic heterocycles. The van der Waals surface area contributed by atoms with Crippen molar-refractivity contribution in [2.24, 2.45) is 0 Å². The second-order valence-corrected chi connectivity index (χ2v) is 10.6. The van der Waals surface area contributed by atoms with Crippen LogP contribution < -0.4 is 25.1 Å². The molecule has 0 radical (unpaired) electrons. The number of fused-ring (bicyclic) bond motifs is 2. The van der Waals surface area contributed by atoms with E-state index >= 15 is 4.39 Å². The van der Waals surface area contributed by atoms with E-state index in [4.69, 9.17) is 14.2 Å². The number of hydrogen-bond donors (Lipinski definition) is 1. The maximum atomic E-state index is 15.5. The Morgan fingerprint density at radius 1 is 0.851 bits per heavy atom. The van der Waals surface area contributed by atoms with Crippen LogP contribution in [0.2, 0.25) is 0 Å². The number of hydrogen-bond acceptors (Lipinski definition) is 9. The van der Waals surface area contributed by atoms with Crippen molar-refractivity contribution in [2.45, 2.75) is 20.4 Å². The lowest BCUT2D eigenvalue weighted by atomic mass is 10.1. The second-order valence-electron chi connectivity index (χ2n) is 10.6. The summed E-state index contributed by atoms with van der Waals surface area (Å²) >= 11 is 0. The zero-order valence-electron chi connectivity index (χ0n) is 26.3. The van der Waals surface area contributed by atoms with Crippen LogP contribution >= 0.6 is 0 Å². The van der Waals surface area contributed by atoms with Gasteiger partial charge in [-0.05, 0) is 73.1 Å². The van der Waals surface area contributed by atoms with Crippen LogP contribution in [0.3, 0.4) is 0 Å². The van der Waals surface area contributed by atoms with Crippen LogP contribution in [0, 0.1) is 11.6 Å². The Labute approximate surface area is 269 Å². The van der Waals surface area contributed by atoms with E-state index in [2.05, 4.69) is 39.0 Å². The zero-order chi connectivity index (χ0) is 33.1. The topological polar surface area (TPSA) is 104 Å². The summed E-state index contributed by atoms with van der Waals surface area (Å²) in [6.45, 7) is 6.19. The Kier molecular flexibility index (Phi) is 8.94. The summed E-state index contributed by atoms with van der Waals surface area (Å²) in [5.41, 5.74) is 1.80. The summed E-state index contributed by atoms with van der Waals surface area (Å²) in [6.07, 6.45) is 2.90. The average Bonchev–Trinajstić information content (AvgIpc) is 3.08. The number of pyridine rings is 2. The number of ether oxygens (including phenoxy) is 3. The fourth-order valence-electron chi connectivity index (χ4n) is 5.41. The molecule has 0 saturated heterocycles. The van der Waals surface area contributed by atoms with Crippen molar-refractivity contribution in [1.29, 1.82) is 0 Å². The van der Waals surface area contributed by atoms with E-state index in [0.29, 0.717) is 51.1 Å². The van der Waals surface area contributed by atoms with Gasteiger partial charge in [0.25, 0.3) is 5.56 Å². The van der Waals surface area contributed by atoms with Crippen molar-refractivity contribution >= 4 is 33.2 Å². The molecule has 0 aliphatic heterocycles. The smallest absolute Gasteiger partial charge is 0.266 e. The van der Waals surface area contributed by atoms with E-state index in [1.807, 2.05) is 6.07 Å². The fraction of sp³-hybridized carbons (Fsp3) is 0.200. The first kappa shape index (κ1) is 31.4. The largest absolute Gasteiger partial charge is 0.493 e. The van der Waals surface area contributed by atoms with Gasteiger partial charge in [-0.25, -0.2) is 23.7 Å². The number of anilines is 2. The molecule has 0 fully saturated rings. The quantitative estimate of drug-likeness (QED) is 0.161. The summed E-state index contributed by atoms with van der Waals surface area (Å²) in [5.74, 6) is 0.156. The van der Waals surface area contributed by atoms with Gasteiger partial charge < -0.3 is 19.5 Å². The molecule has 0 aliphatic rings. The SMILES string of the molecule is CCN(CC)Cc1cc2ccnc(Nc3ccc(Oc4ncnc5cc(OC)c(OC)cc45)c(F)c3)c2c(=O)n1-c1ccc(F)cc1. The maximum absolute atomic E-state index is 15.5. The molecule has 240 valence electrons. The van der Waals surface area contributed by atoms with Crippen LogP contribution in [0.15, 0.2) is 84.0 Å². The van der Waals surface area contributed by atoms with E-state index in [0.717, 1.165) is 18.8 Å². The summed E-state index contributed by atoms with van der Waals surface area (Å²) in [5, 5.41) is 4.57. The highest BCUT2D eigenvalue weighted by atomic mass is 19.1. The van der Waals surface area contributed by atoms with Gasteiger partial charge >= 0.3 is 0 Å². The summed E-state index contributed by atoms with van der Waals surface area (Å²) < 4.78 is 47.5. The van der Waals surface area contributed by atoms with Crippen molar-refractivity contribution in [2.75, 3.05) is 32.6 Å². The Hall–Kier alpha value is -5.62. The van der Waals surface area contributed by atoms with Gasteiger partial charge in [-0.2, -0.15) is 0 Å². The number of aromatic nitrogens is 4. The molecule has 12 heteroatoms. The van der Waals surface area contributed by atoms with Gasteiger partial charge in [-0.1, -0.05) is 13.8 Å². The molecule has 0 saturated carbocycles. The number of benzene rings is 3. The monoisotopic (exact) mass is 638 g/mol. The molecule has 0 atom stereocenters. The van der Waals surface area contributed by atoms with Crippen LogP contribution in [0.5, 0.6) is 23.1 Å². The standard InChI is InChI=1S/C35H32F2N6O4/c1-5-42(6-2)19-25-15-21-13-14-38-33(32(21)35(44)43(25)24-10-7-22(36)8-11-24)41-23-9-12-29(27(37)16-23)47-34-26-17-30(45-3)31(46-4)18-28(26)39-20-40-34/h7-18,20H,5-6,19H2,1-4H3,(H,38,41). The van der Waals surface area contributed by atoms with Gasteiger partial charge in [0, 0.05) is 41.9 Å². The lowest BCUT2D eigenvalue weighted by molar-refractivity contribution is 0.290. The maximum Gasteiger partial charge on any atom is 0.266 e. The van der Waals surface area contributed by atoms with E-state index in [-0.39, 0.29) is 23.0 Å². The minimum atomic E-state index is -0.673. The minimum absolute atomic E-state index is 0.0732. The molecule has 0 spiro atoms. The van der Waals surface area contributed by atoms with E-state index in [1.54, 1.807) is 47.2 Å². The highest BCUT2D eigenvalue weighted by Crippen LogP contribution is 2.37. The Balaban J connectivity index is 1.36. The molecular formula is C35H32F2N6O4. The van der Waals surface area contributed by atoms with Crippen LogP contribution in [0.25, 0.3) is 27.4 Å². The molecule has 6 aromatic rings. The van der Waals surface area contributed by atoms with Crippen LogP contribution in [-0.4, -0.2) is 51.7 Å². The van der Waals surface area contributed by atoms with Gasteiger partial charge in [0.05, 0.1) is 30.5 Å². The molecule has 47 heavy (non-hydrogen) atoms. The van der Waals surface area contributed by atoms with Gasteiger partial charge in [0.2, 0.25) is 5.88 Å². The zero-order valence-corrected chi connectivity index (χ0v) is 26.3. The number of nitrogens with one attached hydrogen (secondary N) is 1. The number of rotatable bonds is 11. The van der Waals surface area contributed by atoms with Crippen molar-refractivity contribution in [1.82, 2.24) is 24.4 Å². The molecule has 6 rings (SSSR count). The Bertz CT molecular complexity index is 2140. The molecule has 10 nitrogen and oxygen atoms in total. The normalized spacial score (nSPS) is 11.3. The van der Waals surface area contributed by atoms with E-state index in [1.165, 1.54) is 44.8 Å². The predicted octanol–water partition coefficient (Wildman–Crippen LogP) is 7.00. The molecule has 0 unspecified atom stereocenters. The number of methoxy groups -OCH3 is 2. The summed E-state index contributed by atoms with van der Waals surface area (Å²) in [6, 6.07) is 17.1. The van der Waals surface area contributed by atoms with Crippen molar-refractivity contribution in [3.8, 4) is 28.8 Å². The first-order chi connectivity index (χ1) is 22.8. The first-order valence-corrected chi connectivity index (χ1v) is 15.0. The second kappa shape index (κ2) is 13.4. The van der Waals surface area contributed by atoms with Gasteiger partial charge in [-0.15, -0.1) is 0 Å². The average molecular weight is 639 g/mol. The van der Waals surface area contributed by atoms with Crippen molar-refractivity contribution in [3.05, 3.63) is 107 Å². The third-order valence-corrected chi connectivity index (χ3v) is 7.88. The molecule has 0 amide bonds. The highest BCUT2D eigenvalue weighted by molar-refractivity contribution is 5.93. The molecule has 0 aliphatic carbocycles. The number of nitrogens with zero attached hydrogens (tertiary/aromatic N) is 5. The fourth-order valence-corrected chi connectivity index (χ4v) is 5.41. The first-order valence-electron chi connectivity index (χ1n) is 15.0. The lowest BCUT2D eigenvalue weighted by Crippen LogP contribution is -2.29. The predicted molar refractivity (Wildman–Crippen MR) is 176 cm³/mol. The molecule has 3 aromatic carbocycles. The van der Waals surface area contributed by atoms with Crippen LogP contribution in [0.1, 0.15) is 19.5 Å². The highest BCUT2D eigenvalue weighted by Gasteiger charge is 2.18. The molecule has 1 N–H and O–H groups in total. The molecular weight excluding hydrogens is 606 g/mol. The minimum Gasteiger partial charge on any atom is -0.493 e. The van der Waals surface area contributed by atoms with Gasteiger partial charge in [0.15, 0.2) is 23.1 Å². The van der Waals surface area contributed by atoms with E-state index in [9.17, 15) is 9.18 Å². The molecule has 3 heterocycles. The third kappa shape index (κ3) is 6.27. The van der Waals surface area contributed by atoms with Gasteiger partial charge in [0.1, 0.15) is 18.0 Å². The number of halogens is 2. The van der Waals surface area contributed by atoms with Crippen LogP contribution in [-0.2, 0) is 6.54 Å². The van der Waals surface area contributed by atoms with Crippen LogP contribution in [0.4, 0.5) is 20.3 Å². The Morgan fingerprint density at radius 3 is 2.30 bits per heavy atom. The lowest BCUT2D eigenvalue weighted by Gasteiger charge is -2.22. The third-order valence-electron chi connectivity index (χ3n) is 7.88. The van der Waals surface area contributed by atoms with Gasteiger partial charge in [-0.3, -0.25) is 14.3 Å². The summed E-state index contributed by atoms with van der Waals surface area (Å²) in [7, 11) is 3.03. The Morgan fingerprint density at radius 2 is 1.60 bits per heavy atom. The molecule has 0 bridgehead atoms.